The molecule has 1 atom stereocenters. The molecule has 0 saturated heterocycles. The Bertz CT molecular complexity index is 1480. The largest absolute Gasteiger partial charge is 0.342 e. The molecule has 6 rings (SSSR count). The molecule has 0 aromatic carbocycles. The van der Waals surface area contributed by atoms with Crippen LogP contribution in [0.4, 0.5) is 0 Å². The molecule has 0 radical (unpaired) electrons. The van der Waals surface area contributed by atoms with E-state index in [-0.39, 0.29) is 11.9 Å². The minimum absolute atomic E-state index is 0.223. The molecule has 34 heavy (non-hydrogen) atoms. The maximum Gasteiger partial charge on any atom is 0.253 e. The minimum Gasteiger partial charge on any atom is -0.342 e. The number of nitrogens with one attached hydrogen (secondary N) is 2. The number of aromatic amines is 1. The predicted octanol–water partition coefficient (Wildman–Crippen LogP) is 3.83. The summed E-state index contributed by atoms with van der Waals surface area (Å²) in [6.45, 7) is 3.94. The Morgan fingerprint density at radius 1 is 1.26 bits per heavy atom. The fraction of sp³-hybridized carbons (Fsp3) is 0.304. The molecule has 2 N–H and O–H groups in total. The summed E-state index contributed by atoms with van der Waals surface area (Å²) in [7, 11) is 0. The van der Waals surface area contributed by atoms with Gasteiger partial charge in [-0.25, -0.2) is 14.6 Å². The second-order valence-corrected chi connectivity index (χ2v) is 9.91. The number of fused-ring (bicyclic) bond motifs is 1. The first kappa shape index (κ1) is 20.7. The lowest BCUT2D eigenvalue weighted by Crippen LogP contribution is -2.28. The van der Waals surface area contributed by atoms with E-state index in [0.29, 0.717) is 17.3 Å². The molecule has 0 spiro atoms. The summed E-state index contributed by atoms with van der Waals surface area (Å²) in [6.07, 6.45) is 10.4. The van der Waals surface area contributed by atoms with Crippen LogP contribution in [0.3, 0.4) is 0 Å². The fourth-order valence-corrected chi connectivity index (χ4v) is 5.16. The Hall–Kier alpha value is -3.86. The highest BCUT2D eigenvalue weighted by Crippen LogP contribution is 2.37. The van der Waals surface area contributed by atoms with E-state index in [1.807, 2.05) is 40.7 Å². The standard InChI is InChI=1S/C23H23N9OS/c1-13-6-7-20(34-13)19-9-24-22-17(32-18(10-26-30-32)15-4-3-5-15)8-16(11-31(19)22)23(33)28-14(2)21-25-12-27-29-21/h6-12,14-15H,3-5H2,1-2H3,(H,28,33)(H,25,27,29). The average Bonchev–Trinajstić information content (AvgIpc) is 3.58. The highest BCUT2D eigenvalue weighted by atomic mass is 32.1. The number of rotatable bonds is 6. The molecule has 1 aliphatic rings. The third kappa shape index (κ3) is 3.48. The number of nitrogens with zero attached hydrogens (tertiary/aromatic N) is 7. The number of amides is 1. The molecule has 172 valence electrons. The van der Waals surface area contributed by atoms with Gasteiger partial charge in [-0.3, -0.25) is 14.3 Å². The van der Waals surface area contributed by atoms with Crippen LogP contribution >= 0.6 is 11.3 Å². The zero-order chi connectivity index (χ0) is 23.2. The van der Waals surface area contributed by atoms with Gasteiger partial charge in [-0.2, -0.15) is 5.10 Å². The van der Waals surface area contributed by atoms with Crippen LogP contribution in [-0.4, -0.2) is 45.5 Å². The van der Waals surface area contributed by atoms with Gasteiger partial charge in [0.25, 0.3) is 5.91 Å². The Balaban J connectivity index is 1.48. The van der Waals surface area contributed by atoms with Gasteiger partial charge in [0, 0.05) is 17.0 Å². The molecule has 11 heteroatoms. The number of imidazole rings is 1. The van der Waals surface area contributed by atoms with Gasteiger partial charge in [0.15, 0.2) is 5.65 Å². The van der Waals surface area contributed by atoms with Crippen LogP contribution in [0, 0.1) is 6.92 Å². The van der Waals surface area contributed by atoms with Crippen molar-refractivity contribution in [3.8, 4) is 16.3 Å². The zero-order valence-electron chi connectivity index (χ0n) is 18.8. The first-order valence-corrected chi connectivity index (χ1v) is 12.0. The van der Waals surface area contributed by atoms with Crippen LogP contribution in [-0.2, 0) is 0 Å². The van der Waals surface area contributed by atoms with E-state index >= 15 is 0 Å². The van der Waals surface area contributed by atoms with E-state index in [9.17, 15) is 4.79 Å². The summed E-state index contributed by atoms with van der Waals surface area (Å²) in [6, 6.07) is 5.68. The second-order valence-electron chi connectivity index (χ2n) is 8.63. The number of hydrogen-bond donors (Lipinski definition) is 2. The summed E-state index contributed by atoms with van der Waals surface area (Å²) in [5.74, 6) is 0.795. The van der Waals surface area contributed by atoms with Crippen LogP contribution < -0.4 is 5.32 Å². The summed E-state index contributed by atoms with van der Waals surface area (Å²) in [5.41, 5.74) is 3.94. The predicted molar refractivity (Wildman–Crippen MR) is 127 cm³/mol. The number of thiophene rings is 1. The molecule has 5 aromatic heterocycles. The van der Waals surface area contributed by atoms with E-state index in [0.717, 1.165) is 40.4 Å². The third-order valence-electron chi connectivity index (χ3n) is 6.36. The SMILES string of the molecule is Cc1ccc(-c2cnc3c(-n4nncc4C4CCC4)cc(C(=O)NC(C)c4ncn[nH]4)cn23)s1. The number of aromatic nitrogens is 8. The van der Waals surface area contributed by atoms with Crippen molar-refractivity contribution in [3.63, 3.8) is 0 Å². The van der Waals surface area contributed by atoms with Gasteiger partial charge in [0.1, 0.15) is 17.8 Å². The van der Waals surface area contributed by atoms with Crippen LogP contribution in [0.2, 0.25) is 0 Å². The van der Waals surface area contributed by atoms with Gasteiger partial charge in [0.2, 0.25) is 0 Å². The fourth-order valence-electron chi connectivity index (χ4n) is 4.29. The number of carbonyl (C=O) groups is 1. The molecule has 5 aromatic rings. The second kappa shape index (κ2) is 8.17. The van der Waals surface area contributed by atoms with E-state index in [1.165, 1.54) is 17.6 Å². The van der Waals surface area contributed by atoms with Gasteiger partial charge in [-0.05, 0) is 44.9 Å². The van der Waals surface area contributed by atoms with E-state index in [1.54, 1.807) is 11.3 Å². The monoisotopic (exact) mass is 473 g/mol. The van der Waals surface area contributed by atoms with Crippen molar-refractivity contribution in [1.82, 2.24) is 44.9 Å². The highest BCUT2D eigenvalue weighted by Gasteiger charge is 2.26. The van der Waals surface area contributed by atoms with E-state index in [4.69, 9.17) is 4.98 Å². The summed E-state index contributed by atoms with van der Waals surface area (Å²) in [5, 5.41) is 18.3. The number of aryl methyl sites for hydroxylation is 1. The van der Waals surface area contributed by atoms with Gasteiger partial charge >= 0.3 is 0 Å². The minimum atomic E-state index is -0.326. The van der Waals surface area contributed by atoms with Crippen LogP contribution in [0.25, 0.3) is 21.9 Å². The summed E-state index contributed by atoms with van der Waals surface area (Å²) < 4.78 is 3.81. The zero-order valence-corrected chi connectivity index (χ0v) is 19.6. The number of H-pyrrole nitrogens is 1. The van der Waals surface area contributed by atoms with Crippen molar-refractivity contribution in [2.24, 2.45) is 0 Å². The molecule has 1 saturated carbocycles. The highest BCUT2D eigenvalue weighted by molar-refractivity contribution is 7.15. The van der Waals surface area contributed by atoms with Crippen LogP contribution in [0.15, 0.2) is 43.1 Å². The van der Waals surface area contributed by atoms with Crippen molar-refractivity contribution in [2.45, 2.75) is 45.1 Å². The van der Waals surface area contributed by atoms with Crippen LogP contribution in [0.5, 0.6) is 0 Å². The van der Waals surface area contributed by atoms with E-state index in [2.05, 4.69) is 49.9 Å². The quantitative estimate of drug-likeness (QED) is 0.387. The van der Waals surface area contributed by atoms with Gasteiger partial charge in [-0.1, -0.05) is 11.6 Å². The molecule has 1 aliphatic carbocycles. The molecule has 5 heterocycles. The molecular weight excluding hydrogens is 450 g/mol. The maximum absolute atomic E-state index is 13.3. The molecule has 1 unspecified atom stereocenters. The Morgan fingerprint density at radius 3 is 2.85 bits per heavy atom. The number of carbonyl (C=O) groups excluding carboxylic acids is 1. The first-order valence-electron chi connectivity index (χ1n) is 11.2. The lowest BCUT2D eigenvalue weighted by atomic mass is 9.83. The first-order chi connectivity index (χ1) is 16.6. The van der Waals surface area contributed by atoms with Crippen molar-refractivity contribution in [3.05, 3.63) is 65.1 Å². The number of pyridine rings is 1. The van der Waals surface area contributed by atoms with Gasteiger partial charge < -0.3 is 5.32 Å². The van der Waals surface area contributed by atoms with E-state index < -0.39 is 0 Å². The van der Waals surface area contributed by atoms with Gasteiger partial charge in [0.05, 0.1) is 40.3 Å². The normalized spacial score (nSPS) is 14.9. The van der Waals surface area contributed by atoms with Crippen molar-refractivity contribution in [2.75, 3.05) is 0 Å². The molecule has 10 nitrogen and oxygen atoms in total. The molecule has 0 aliphatic heterocycles. The van der Waals surface area contributed by atoms with Crippen LogP contribution in [0.1, 0.15) is 64.9 Å². The average molecular weight is 474 g/mol. The van der Waals surface area contributed by atoms with Crippen molar-refractivity contribution < 1.29 is 4.79 Å². The molecule has 0 bridgehead atoms. The van der Waals surface area contributed by atoms with Gasteiger partial charge in [-0.15, -0.1) is 16.4 Å². The van der Waals surface area contributed by atoms with Crippen molar-refractivity contribution >= 4 is 22.9 Å². The molecular formula is C23H23N9OS. The topological polar surface area (TPSA) is 119 Å². The molecule has 1 fully saturated rings. The summed E-state index contributed by atoms with van der Waals surface area (Å²) >= 11 is 1.69. The van der Waals surface area contributed by atoms with Crippen molar-refractivity contribution in [1.29, 1.82) is 0 Å². The summed E-state index contributed by atoms with van der Waals surface area (Å²) in [4.78, 5) is 24.5. The third-order valence-corrected chi connectivity index (χ3v) is 7.38. The lowest BCUT2D eigenvalue weighted by molar-refractivity contribution is 0.0938. The lowest BCUT2D eigenvalue weighted by Gasteiger charge is -2.25. The Kier molecular flexibility index (Phi) is 4.98. The maximum atomic E-state index is 13.3. The smallest absolute Gasteiger partial charge is 0.253 e. The number of hydrogen-bond acceptors (Lipinski definition) is 7. The Morgan fingerprint density at radius 2 is 2.15 bits per heavy atom. The Labute approximate surface area is 199 Å². The molecule has 1 amide bonds.